The van der Waals surface area contributed by atoms with Gasteiger partial charge in [-0.15, -0.1) is 12.6 Å². The first-order chi connectivity index (χ1) is 7.59. The second-order valence-electron chi connectivity index (χ2n) is 3.29. The highest BCUT2D eigenvalue weighted by Gasteiger charge is 2.03. The fourth-order valence-electron chi connectivity index (χ4n) is 1.13. The van der Waals surface area contributed by atoms with Gasteiger partial charge in [-0.2, -0.15) is 0 Å². The van der Waals surface area contributed by atoms with Crippen molar-refractivity contribution >= 4 is 24.4 Å². The average Bonchev–Trinajstić information content (AvgIpc) is 2.25. The first-order valence-corrected chi connectivity index (χ1v) is 5.36. The fraction of sp³-hybridized carbons (Fsp3) is 0.273. The maximum absolute atomic E-state index is 11.6. The van der Waals surface area contributed by atoms with Crippen LogP contribution in [0.15, 0.2) is 29.2 Å². The van der Waals surface area contributed by atoms with Gasteiger partial charge in [0.2, 0.25) is 5.91 Å². The molecule has 2 amide bonds. The quantitative estimate of drug-likeness (QED) is 0.538. The molecule has 1 aromatic carbocycles. The molecule has 86 valence electrons. The van der Waals surface area contributed by atoms with Crippen LogP contribution in [0.4, 0.5) is 0 Å². The van der Waals surface area contributed by atoms with Gasteiger partial charge in [0.25, 0.3) is 5.91 Å². The zero-order valence-corrected chi connectivity index (χ0v) is 9.88. The lowest BCUT2D eigenvalue weighted by Crippen LogP contribution is -2.33. The van der Waals surface area contributed by atoms with E-state index in [0.29, 0.717) is 18.7 Å². The summed E-state index contributed by atoms with van der Waals surface area (Å²) in [5.41, 5.74) is 0.584. The van der Waals surface area contributed by atoms with Crippen LogP contribution in [0.2, 0.25) is 0 Å². The molecular weight excluding hydrogens is 224 g/mol. The zero-order chi connectivity index (χ0) is 12.0. The Morgan fingerprint density at radius 1 is 1.12 bits per heavy atom. The summed E-state index contributed by atoms with van der Waals surface area (Å²) in [5, 5.41) is 5.29. The smallest absolute Gasteiger partial charge is 0.251 e. The molecule has 0 saturated heterocycles. The van der Waals surface area contributed by atoms with E-state index in [1.807, 2.05) is 0 Å². The number of amides is 2. The monoisotopic (exact) mass is 238 g/mol. The van der Waals surface area contributed by atoms with Gasteiger partial charge in [-0.3, -0.25) is 9.59 Å². The molecule has 0 radical (unpaired) electrons. The molecular formula is C11H14N2O2S. The van der Waals surface area contributed by atoms with Gasteiger partial charge < -0.3 is 10.6 Å². The molecule has 5 heteroatoms. The molecule has 0 fully saturated rings. The first-order valence-electron chi connectivity index (χ1n) is 4.91. The van der Waals surface area contributed by atoms with Crippen LogP contribution in [0.1, 0.15) is 17.3 Å². The van der Waals surface area contributed by atoms with E-state index in [1.54, 1.807) is 24.3 Å². The topological polar surface area (TPSA) is 58.2 Å². The maximum Gasteiger partial charge on any atom is 0.251 e. The lowest BCUT2D eigenvalue weighted by Gasteiger charge is -2.05. The molecule has 0 aliphatic carbocycles. The van der Waals surface area contributed by atoms with E-state index in [9.17, 15) is 9.59 Å². The summed E-state index contributed by atoms with van der Waals surface area (Å²) < 4.78 is 0. The Labute approximate surface area is 99.8 Å². The first kappa shape index (κ1) is 12.6. The third-order valence-electron chi connectivity index (χ3n) is 1.91. The molecule has 0 atom stereocenters. The van der Waals surface area contributed by atoms with Crippen LogP contribution in [-0.2, 0) is 4.79 Å². The summed E-state index contributed by atoms with van der Waals surface area (Å²) in [7, 11) is 0. The van der Waals surface area contributed by atoms with Crippen LogP contribution in [0.3, 0.4) is 0 Å². The second kappa shape index (κ2) is 6.17. The van der Waals surface area contributed by atoms with E-state index >= 15 is 0 Å². The number of benzene rings is 1. The van der Waals surface area contributed by atoms with Crippen molar-refractivity contribution < 1.29 is 9.59 Å². The normalized spacial score (nSPS) is 9.62. The molecule has 0 spiro atoms. The Kier molecular flexibility index (Phi) is 4.85. The molecule has 0 unspecified atom stereocenters. The molecule has 4 nitrogen and oxygen atoms in total. The molecule has 0 saturated carbocycles. The number of hydrogen-bond acceptors (Lipinski definition) is 3. The Hall–Kier alpha value is -1.49. The zero-order valence-electron chi connectivity index (χ0n) is 8.99. The van der Waals surface area contributed by atoms with E-state index < -0.39 is 0 Å². The lowest BCUT2D eigenvalue weighted by atomic mass is 10.2. The van der Waals surface area contributed by atoms with Gasteiger partial charge in [0, 0.05) is 30.5 Å². The van der Waals surface area contributed by atoms with Gasteiger partial charge >= 0.3 is 0 Å². The third-order valence-corrected chi connectivity index (χ3v) is 2.21. The Balaban J connectivity index is 2.35. The highest BCUT2D eigenvalue weighted by atomic mass is 32.1. The van der Waals surface area contributed by atoms with Crippen molar-refractivity contribution in [2.75, 3.05) is 13.1 Å². The summed E-state index contributed by atoms with van der Waals surface area (Å²) >= 11 is 4.13. The number of rotatable bonds is 4. The molecule has 0 aromatic heterocycles. The Morgan fingerprint density at radius 2 is 1.69 bits per heavy atom. The van der Waals surface area contributed by atoms with Crippen molar-refractivity contribution in [2.45, 2.75) is 11.8 Å². The molecule has 0 aliphatic heterocycles. The number of carbonyl (C=O) groups is 2. The van der Waals surface area contributed by atoms with E-state index in [4.69, 9.17) is 0 Å². The maximum atomic E-state index is 11.6. The Morgan fingerprint density at radius 3 is 2.25 bits per heavy atom. The summed E-state index contributed by atoms with van der Waals surface area (Å²) in [6.45, 7) is 2.29. The van der Waals surface area contributed by atoms with Crippen LogP contribution < -0.4 is 10.6 Å². The Bertz CT molecular complexity index is 376. The minimum Gasteiger partial charge on any atom is -0.355 e. The van der Waals surface area contributed by atoms with Crippen LogP contribution >= 0.6 is 12.6 Å². The van der Waals surface area contributed by atoms with Gasteiger partial charge in [-0.25, -0.2) is 0 Å². The standard InChI is InChI=1S/C11H14N2O2S/c1-8(14)12-6-7-13-11(15)9-2-4-10(16)5-3-9/h2-5,16H,6-7H2,1H3,(H,12,14)(H,13,15). The van der Waals surface area contributed by atoms with E-state index in [2.05, 4.69) is 23.3 Å². The van der Waals surface area contributed by atoms with E-state index in [1.165, 1.54) is 6.92 Å². The number of nitrogens with one attached hydrogen (secondary N) is 2. The summed E-state index contributed by atoms with van der Waals surface area (Å²) in [5.74, 6) is -0.257. The van der Waals surface area contributed by atoms with Crippen LogP contribution in [0.5, 0.6) is 0 Å². The lowest BCUT2D eigenvalue weighted by molar-refractivity contribution is -0.118. The highest BCUT2D eigenvalue weighted by molar-refractivity contribution is 7.80. The third kappa shape index (κ3) is 4.35. The number of carbonyl (C=O) groups excluding carboxylic acids is 2. The van der Waals surface area contributed by atoms with Crippen LogP contribution in [0, 0.1) is 0 Å². The van der Waals surface area contributed by atoms with Crippen molar-refractivity contribution in [1.29, 1.82) is 0 Å². The van der Waals surface area contributed by atoms with Gasteiger partial charge in [0.05, 0.1) is 0 Å². The van der Waals surface area contributed by atoms with Gasteiger partial charge in [0.15, 0.2) is 0 Å². The molecule has 1 rings (SSSR count). The summed E-state index contributed by atoms with van der Waals surface area (Å²) in [6, 6.07) is 6.92. The second-order valence-corrected chi connectivity index (χ2v) is 3.80. The number of thiol groups is 1. The molecule has 2 N–H and O–H groups in total. The largest absolute Gasteiger partial charge is 0.355 e. The SMILES string of the molecule is CC(=O)NCCNC(=O)c1ccc(S)cc1. The minimum atomic E-state index is -0.154. The van der Waals surface area contributed by atoms with Gasteiger partial charge in [-0.1, -0.05) is 0 Å². The number of hydrogen-bond donors (Lipinski definition) is 3. The predicted molar refractivity (Wildman–Crippen MR) is 64.7 cm³/mol. The molecule has 16 heavy (non-hydrogen) atoms. The van der Waals surface area contributed by atoms with E-state index in [0.717, 1.165) is 4.90 Å². The van der Waals surface area contributed by atoms with Gasteiger partial charge in [0.1, 0.15) is 0 Å². The summed E-state index contributed by atoms with van der Waals surface area (Å²) in [4.78, 5) is 22.9. The molecule has 0 bridgehead atoms. The van der Waals surface area contributed by atoms with Crippen LogP contribution in [-0.4, -0.2) is 24.9 Å². The fourth-order valence-corrected chi connectivity index (χ4v) is 1.28. The van der Waals surface area contributed by atoms with Crippen molar-refractivity contribution in [3.63, 3.8) is 0 Å². The van der Waals surface area contributed by atoms with Crippen molar-refractivity contribution in [2.24, 2.45) is 0 Å². The minimum absolute atomic E-state index is 0.103. The predicted octanol–water partition coefficient (Wildman–Crippen LogP) is 0.841. The molecule has 0 heterocycles. The van der Waals surface area contributed by atoms with Crippen molar-refractivity contribution in [1.82, 2.24) is 10.6 Å². The molecule has 1 aromatic rings. The van der Waals surface area contributed by atoms with Crippen molar-refractivity contribution in [3.8, 4) is 0 Å². The van der Waals surface area contributed by atoms with Gasteiger partial charge in [-0.05, 0) is 24.3 Å². The molecule has 0 aliphatic rings. The highest BCUT2D eigenvalue weighted by Crippen LogP contribution is 2.07. The van der Waals surface area contributed by atoms with E-state index in [-0.39, 0.29) is 11.8 Å². The summed E-state index contributed by atoms with van der Waals surface area (Å²) in [6.07, 6.45) is 0. The van der Waals surface area contributed by atoms with Crippen LogP contribution in [0.25, 0.3) is 0 Å². The average molecular weight is 238 g/mol. The van der Waals surface area contributed by atoms with Crippen molar-refractivity contribution in [3.05, 3.63) is 29.8 Å².